The molecule has 0 bridgehead atoms. The lowest BCUT2D eigenvalue weighted by Gasteiger charge is -2.37. The summed E-state index contributed by atoms with van der Waals surface area (Å²) >= 11 is 0. The Hall–Kier alpha value is -3.46. The number of fused-ring (bicyclic) bond motifs is 1. The number of hydrogen-bond donors (Lipinski definition) is 1. The van der Waals surface area contributed by atoms with E-state index >= 15 is 4.39 Å². The smallest absolute Gasteiger partial charge is 0.316 e. The van der Waals surface area contributed by atoms with E-state index in [9.17, 15) is 19.5 Å². The number of likely N-dealkylation sites (N-methyl/N-ethyl adjacent to an activating group) is 1. The first-order valence-electron chi connectivity index (χ1n) is 10.4. The number of halogens is 1. The monoisotopic (exact) mass is 441 g/mol. The highest BCUT2D eigenvalue weighted by Gasteiger charge is 2.39. The van der Waals surface area contributed by atoms with Crippen LogP contribution in [0.4, 0.5) is 21.5 Å². The maximum absolute atomic E-state index is 15.0. The van der Waals surface area contributed by atoms with Gasteiger partial charge in [-0.1, -0.05) is 0 Å². The third-order valence-corrected chi connectivity index (χ3v) is 5.83. The summed E-state index contributed by atoms with van der Waals surface area (Å²) in [5, 5.41) is 9.58. The van der Waals surface area contributed by atoms with Crippen molar-refractivity contribution >= 4 is 34.9 Å². The Morgan fingerprint density at radius 3 is 2.31 bits per heavy atom. The zero-order valence-electron chi connectivity index (χ0n) is 17.9. The summed E-state index contributed by atoms with van der Waals surface area (Å²) in [4.78, 5) is 41.5. The van der Waals surface area contributed by atoms with Gasteiger partial charge in [-0.25, -0.2) is 4.39 Å². The summed E-state index contributed by atoms with van der Waals surface area (Å²) < 4.78 is 20.1. The minimum Gasteiger partial charge on any atom is -0.481 e. The van der Waals surface area contributed by atoms with Gasteiger partial charge in [0.1, 0.15) is 17.5 Å². The van der Waals surface area contributed by atoms with Crippen LogP contribution in [0.1, 0.15) is 12.5 Å². The van der Waals surface area contributed by atoms with Crippen molar-refractivity contribution < 1.29 is 28.6 Å². The summed E-state index contributed by atoms with van der Waals surface area (Å²) in [7, 11) is 2.01. The topological polar surface area (TPSA) is 90.4 Å². The molecule has 9 heteroatoms. The van der Waals surface area contributed by atoms with Crippen molar-refractivity contribution in [3.8, 4) is 5.75 Å². The second kappa shape index (κ2) is 8.58. The van der Waals surface area contributed by atoms with Crippen molar-refractivity contribution in [3.05, 3.63) is 47.8 Å². The molecular weight excluding hydrogens is 417 g/mol. The fourth-order valence-corrected chi connectivity index (χ4v) is 4.12. The first-order valence-corrected chi connectivity index (χ1v) is 10.4. The molecule has 2 aromatic rings. The van der Waals surface area contributed by atoms with Gasteiger partial charge in [-0.05, 0) is 55.4 Å². The van der Waals surface area contributed by atoms with Gasteiger partial charge in [-0.2, -0.15) is 0 Å². The molecule has 32 heavy (non-hydrogen) atoms. The van der Waals surface area contributed by atoms with E-state index in [4.69, 9.17) is 4.74 Å². The van der Waals surface area contributed by atoms with Crippen molar-refractivity contribution in [2.45, 2.75) is 13.3 Å². The van der Waals surface area contributed by atoms with Crippen LogP contribution >= 0.6 is 0 Å². The minimum atomic E-state index is -1.32. The molecule has 0 radical (unpaired) electrons. The molecule has 2 aliphatic rings. The number of ether oxygens (including phenoxy) is 1. The first kappa shape index (κ1) is 21.8. The lowest BCUT2D eigenvalue weighted by molar-refractivity contribution is -0.146. The predicted molar refractivity (Wildman–Crippen MR) is 116 cm³/mol. The number of benzene rings is 2. The first-order chi connectivity index (χ1) is 15.2. The Labute approximate surface area is 184 Å². The molecule has 0 spiro atoms. The highest BCUT2D eigenvalue weighted by atomic mass is 19.1. The Morgan fingerprint density at radius 2 is 1.72 bits per heavy atom. The van der Waals surface area contributed by atoms with Crippen molar-refractivity contribution in [2.24, 2.45) is 5.92 Å². The van der Waals surface area contributed by atoms with Crippen LogP contribution in [0.25, 0.3) is 0 Å². The predicted octanol–water partition coefficient (Wildman–Crippen LogP) is 2.42. The van der Waals surface area contributed by atoms with Gasteiger partial charge in [0, 0.05) is 38.8 Å². The molecule has 2 heterocycles. The molecule has 1 amide bonds. The van der Waals surface area contributed by atoms with Gasteiger partial charge < -0.3 is 19.6 Å². The fourth-order valence-electron chi connectivity index (χ4n) is 4.12. The fraction of sp³-hybridized carbons (Fsp3) is 0.348. The van der Waals surface area contributed by atoms with Gasteiger partial charge in [-0.15, -0.1) is 0 Å². The maximum atomic E-state index is 15.0. The largest absolute Gasteiger partial charge is 0.481 e. The quantitative estimate of drug-likeness (QED) is 0.443. The number of hydrogen-bond acceptors (Lipinski definition) is 6. The lowest BCUT2D eigenvalue weighted by Crippen LogP contribution is -2.45. The molecule has 2 aliphatic heterocycles. The second-order valence-corrected chi connectivity index (χ2v) is 8.08. The van der Waals surface area contributed by atoms with E-state index in [2.05, 4.69) is 4.90 Å². The van der Waals surface area contributed by atoms with E-state index in [0.717, 1.165) is 13.1 Å². The van der Waals surface area contributed by atoms with E-state index in [1.54, 1.807) is 18.2 Å². The van der Waals surface area contributed by atoms with Crippen LogP contribution in [0.15, 0.2) is 36.4 Å². The standard InChI is InChI=1S/C23H24FN3O5/c1-14(28)32-17-5-3-16(4-6-17)27-20-13-21(26-9-7-25(2)8-10-26)19(24)12-15(20)11-18(22(27)29)23(30)31/h3-6,12-13,18H,7-11H2,1-2H3,(H,30,31). The molecule has 2 aromatic carbocycles. The number of carboxylic acid groups (broad SMARTS) is 1. The van der Waals surface area contributed by atoms with Gasteiger partial charge in [-0.3, -0.25) is 19.3 Å². The van der Waals surface area contributed by atoms with Gasteiger partial charge in [0.05, 0.1) is 11.4 Å². The summed E-state index contributed by atoms with van der Waals surface area (Å²) in [5.41, 5.74) is 1.72. The third-order valence-electron chi connectivity index (χ3n) is 5.83. The SMILES string of the molecule is CC(=O)Oc1ccc(N2C(=O)C(C(=O)O)Cc3cc(F)c(N4CCN(C)CC4)cc32)cc1. The van der Waals surface area contributed by atoms with Crippen molar-refractivity contribution in [1.29, 1.82) is 0 Å². The van der Waals surface area contributed by atoms with Gasteiger partial charge in [0.25, 0.3) is 0 Å². The number of aliphatic carboxylic acids is 1. The van der Waals surface area contributed by atoms with E-state index in [1.807, 2.05) is 11.9 Å². The van der Waals surface area contributed by atoms with E-state index in [-0.39, 0.29) is 6.42 Å². The Balaban J connectivity index is 1.77. The van der Waals surface area contributed by atoms with Crippen LogP contribution in [0.2, 0.25) is 0 Å². The number of carbonyl (C=O) groups excluding carboxylic acids is 2. The molecule has 168 valence electrons. The molecule has 1 fully saturated rings. The molecular formula is C23H24FN3O5. The van der Waals surface area contributed by atoms with Crippen LogP contribution in [0.3, 0.4) is 0 Å². The Morgan fingerprint density at radius 1 is 1.06 bits per heavy atom. The van der Waals surface area contributed by atoms with Gasteiger partial charge in [0.2, 0.25) is 5.91 Å². The van der Waals surface area contributed by atoms with Gasteiger partial charge in [0.15, 0.2) is 0 Å². The Bertz CT molecular complexity index is 1060. The molecule has 1 saturated heterocycles. The summed E-state index contributed by atoms with van der Waals surface area (Å²) in [5.74, 6) is -3.78. The molecule has 0 aromatic heterocycles. The molecule has 4 rings (SSSR count). The molecule has 0 saturated carbocycles. The van der Waals surface area contributed by atoms with Crippen LogP contribution in [-0.2, 0) is 20.8 Å². The van der Waals surface area contributed by atoms with Crippen molar-refractivity contribution in [1.82, 2.24) is 4.90 Å². The normalized spacial score (nSPS) is 19.0. The Kier molecular flexibility index (Phi) is 5.84. The molecule has 1 N–H and O–H groups in total. The van der Waals surface area contributed by atoms with Crippen LogP contribution < -0.4 is 14.5 Å². The van der Waals surface area contributed by atoms with Crippen molar-refractivity contribution in [2.75, 3.05) is 43.0 Å². The number of anilines is 3. The highest BCUT2D eigenvalue weighted by molar-refractivity contribution is 6.12. The molecule has 1 unspecified atom stereocenters. The number of nitrogens with zero attached hydrogens (tertiary/aromatic N) is 3. The van der Waals surface area contributed by atoms with Crippen LogP contribution in [0, 0.1) is 11.7 Å². The second-order valence-electron chi connectivity index (χ2n) is 8.08. The maximum Gasteiger partial charge on any atom is 0.316 e. The third kappa shape index (κ3) is 4.16. The number of carboxylic acids is 1. The molecule has 0 aliphatic carbocycles. The molecule has 1 atom stereocenters. The van der Waals surface area contributed by atoms with Crippen LogP contribution in [-0.4, -0.2) is 61.1 Å². The lowest BCUT2D eigenvalue weighted by atomic mass is 9.90. The summed E-state index contributed by atoms with van der Waals surface area (Å²) in [6.07, 6.45) is -0.0779. The average molecular weight is 441 g/mol. The van der Waals surface area contributed by atoms with E-state index < -0.39 is 29.6 Å². The van der Waals surface area contributed by atoms with Crippen LogP contribution in [0.5, 0.6) is 5.75 Å². The highest BCUT2D eigenvalue weighted by Crippen LogP contribution is 2.40. The minimum absolute atomic E-state index is 0.0779. The van der Waals surface area contributed by atoms with Gasteiger partial charge >= 0.3 is 11.9 Å². The number of amides is 1. The molecule has 8 nitrogen and oxygen atoms in total. The zero-order chi connectivity index (χ0) is 23.0. The van der Waals surface area contributed by atoms with E-state index in [0.29, 0.717) is 41.5 Å². The summed E-state index contributed by atoms with van der Waals surface area (Å²) in [6.45, 7) is 4.16. The zero-order valence-corrected chi connectivity index (χ0v) is 17.9. The average Bonchev–Trinajstić information content (AvgIpc) is 2.74. The number of rotatable bonds is 4. The number of carbonyl (C=O) groups is 3. The number of esters is 1. The van der Waals surface area contributed by atoms with E-state index in [1.165, 1.54) is 30.0 Å². The van der Waals surface area contributed by atoms with Crippen molar-refractivity contribution in [3.63, 3.8) is 0 Å². The number of piperazine rings is 1. The summed E-state index contributed by atoms with van der Waals surface area (Å²) in [6, 6.07) is 9.17.